The van der Waals surface area contributed by atoms with Gasteiger partial charge in [-0.25, -0.2) is 4.98 Å². The van der Waals surface area contributed by atoms with Crippen LogP contribution in [0.4, 0.5) is 0 Å². The number of aromatic amines is 1. The van der Waals surface area contributed by atoms with Crippen LogP contribution < -0.4 is 5.32 Å². The summed E-state index contributed by atoms with van der Waals surface area (Å²) in [5, 5.41) is 3.32. The fourth-order valence-corrected chi connectivity index (χ4v) is 1.58. The highest BCUT2D eigenvalue weighted by Gasteiger charge is 2.08. The van der Waals surface area contributed by atoms with Gasteiger partial charge in [-0.3, -0.25) is 0 Å². The molecular formula is C12H17N3O. The quantitative estimate of drug-likeness (QED) is 0.759. The molecule has 2 aromatic heterocycles. The molecule has 4 nitrogen and oxygen atoms in total. The van der Waals surface area contributed by atoms with Crippen LogP contribution in [0.15, 0.2) is 22.9 Å². The molecule has 0 atom stereocenters. The largest absolute Gasteiger partial charge is 0.461 e. The first-order valence-electron chi connectivity index (χ1n) is 5.60. The van der Waals surface area contributed by atoms with E-state index in [0.717, 1.165) is 42.4 Å². The Labute approximate surface area is 95.1 Å². The van der Waals surface area contributed by atoms with Gasteiger partial charge in [-0.2, -0.15) is 0 Å². The Bertz CT molecular complexity index is 445. The molecule has 0 bridgehead atoms. The summed E-state index contributed by atoms with van der Waals surface area (Å²) in [5.41, 5.74) is 2.18. The third-order valence-corrected chi connectivity index (χ3v) is 2.45. The molecule has 0 unspecified atom stereocenters. The molecule has 0 spiro atoms. The number of hydrogen-bond acceptors (Lipinski definition) is 3. The molecule has 0 aliphatic heterocycles. The molecule has 2 rings (SSSR count). The second kappa shape index (κ2) is 4.99. The molecule has 0 aliphatic carbocycles. The minimum Gasteiger partial charge on any atom is -0.461 e. The van der Waals surface area contributed by atoms with Gasteiger partial charge < -0.3 is 14.7 Å². The Balaban J connectivity index is 2.05. The summed E-state index contributed by atoms with van der Waals surface area (Å²) in [6.45, 7) is 6.00. The number of nitrogens with zero attached hydrogens (tertiary/aromatic N) is 1. The third kappa shape index (κ3) is 2.33. The molecule has 0 aromatic carbocycles. The fraction of sp³-hybridized carbons (Fsp3) is 0.417. The summed E-state index contributed by atoms with van der Waals surface area (Å²) in [6.07, 6.45) is 4.67. The van der Waals surface area contributed by atoms with E-state index in [1.54, 1.807) is 6.26 Å². The molecule has 4 heteroatoms. The number of aromatic nitrogens is 2. The Kier molecular flexibility index (Phi) is 3.41. The predicted molar refractivity (Wildman–Crippen MR) is 63.0 cm³/mol. The molecule has 2 heterocycles. The van der Waals surface area contributed by atoms with Crippen LogP contribution in [-0.2, 0) is 6.54 Å². The first-order valence-corrected chi connectivity index (χ1v) is 5.60. The number of hydrogen-bond donors (Lipinski definition) is 2. The second-order valence-electron chi connectivity index (χ2n) is 3.87. The van der Waals surface area contributed by atoms with Crippen molar-refractivity contribution in [2.45, 2.75) is 26.8 Å². The van der Waals surface area contributed by atoms with E-state index in [1.807, 2.05) is 19.2 Å². The Morgan fingerprint density at radius 1 is 1.50 bits per heavy atom. The molecule has 0 fully saturated rings. The van der Waals surface area contributed by atoms with Crippen molar-refractivity contribution in [3.63, 3.8) is 0 Å². The highest BCUT2D eigenvalue weighted by molar-refractivity contribution is 5.52. The van der Waals surface area contributed by atoms with Gasteiger partial charge in [-0.05, 0) is 31.5 Å². The Morgan fingerprint density at radius 3 is 3.06 bits per heavy atom. The normalized spacial score (nSPS) is 10.9. The van der Waals surface area contributed by atoms with Crippen LogP contribution in [0.25, 0.3) is 11.6 Å². The van der Waals surface area contributed by atoms with Gasteiger partial charge in [-0.15, -0.1) is 0 Å². The van der Waals surface area contributed by atoms with Gasteiger partial charge in [0.2, 0.25) is 0 Å². The van der Waals surface area contributed by atoms with Crippen molar-refractivity contribution in [2.75, 3.05) is 6.54 Å². The standard InChI is InChI=1S/C12H17N3O/c1-3-5-13-7-10-8-14-12(15-10)11-9(2)4-6-16-11/h4,6,8,13H,3,5,7H2,1-2H3,(H,14,15). The van der Waals surface area contributed by atoms with Crippen LogP contribution in [0.1, 0.15) is 24.6 Å². The zero-order valence-corrected chi connectivity index (χ0v) is 9.71. The van der Waals surface area contributed by atoms with E-state index >= 15 is 0 Å². The molecule has 0 amide bonds. The third-order valence-electron chi connectivity index (χ3n) is 2.45. The maximum Gasteiger partial charge on any atom is 0.174 e. The van der Waals surface area contributed by atoms with Crippen molar-refractivity contribution in [2.24, 2.45) is 0 Å². The summed E-state index contributed by atoms with van der Waals surface area (Å²) in [7, 11) is 0. The average Bonchev–Trinajstić information content (AvgIpc) is 2.87. The Hall–Kier alpha value is -1.55. The van der Waals surface area contributed by atoms with E-state index in [9.17, 15) is 0 Å². The SMILES string of the molecule is CCCNCc1cnc(-c2occc2C)[nH]1. The minimum atomic E-state index is 0.802. The maximum atomic E-state index is 5.38. The molecule has 0 saturated carbocycles. The van der Waals surface area contributed by atoms with Crippen LogP contribution in [0.3, 0.4) is 0 Å². The van der Waals surface area contributed by atoms with Gasteiger partial charge in [-0.1, -0.05) is 6.92 Å². The van der Waals surface area contributed by atoms with Crippen molar-refractivity contribution < 1.29 is 4.42 Å². The molecule has 0 saturated heterocycles. The number of H-pyrrole nitrogens is 1. The predicted octanol–water partition coefficient (Wildman–Crippen LogP) is 2.48. The molecule has 2 aromatic rings. The van der Waals surface area contributed by atoms with E-state index in [2.05, 4.69) is 22.2 Å². The smallest absolute Gasteiger partial charge is 0.174 e. The lowest BCUT2D eigenvalue weighted by Crippen LogP contribution is -2.13. The monoisotopic (exact) mass is 219 g/mol. The summed E-state index contributed by atoms with van der Waals surface area (Å²) in [6, 6.07) is 1.94. The summed E-state index contributed by atoms with van der Waals surface area (Å²) in [4.78, 5) is 7.56. The van der Waals surface area contributed by atoms with Gasteiger partial charge >= 0.3 is 0 Å². The lowest BCUT2D eigenvalue weighted by atomic mass is 10.3. The highest BCUT2D eigenvalue weighted by atomic mass is 16.3. The summed E-state index contributed by atoms with van der Waals surface area (Å²) in [5.74, 6) is 1.62. The van der Waals surface area contributed by atoms with E-state index in [1.165, 1.54) is 0 Å². The van der Waals surface area contributed by atoms with E-state index in [0.29, 0.717) is 0 Å². The summed E-state index contributed by atoms with van der Waals surface area (Å²) < 4.78 is 5.38. The van der Waals surface area contributed by atoms with Gasteiger partial charge in [0, 0.05) is 12.2 Å². The molecular weight excluding hydrogens is 202 g/mol. The highest BCUT2D eigenvalue weighted by Crippen LogP contribution is 2.20. The van der Waals surface area contributed by atoms with Crippen molar-refractivity contribution in [1.29, 1.82) is 0 Å². The van der Waals surface area contributed by atoms with Gasteiger partial charge in [0.25, 0.3) is 0 Å². The number of nitrogens with one attached hydrogen (secondary N) is 2. The molecule has 86 valence electrons. The molecule has 2 N–H and O–H groups in total. The van der Waals surface area contributed by atoms with Crippen molar-refractivity contribution >= 4 is 0 Å². The molecule has 16 heavy (non-hydrogen) atoms. The summed E-state index contributed by atoms with van der Waals surface area (Å²) >= 11 is 0. The maximum absolute atomic E-state index is 5.38. The first kappa shape index (κ1) is 11.0. The zero-order valence-electron chi connectivity index (χ0n) is 9.71. The fourth-order valence-electron chi connectivity index (χ4n) is 1.58. The van der Waals surface area contributed by atoms with Crippen LogP contribution >= 0.6 is 0 Å². The van der Waals surface area contributed by atoms with E-state index < -0.39 is 0 Å². The van der Waals surface area contributed by atoms with Crippen LogP contribution in [-0.4, -0.2) is 16.5 Å². The van der Waals surface area contributed by atoms with Crippen LogP contribution in [0.2, 0.25) is 0 Å². The second-order valence-corrected chi connectivity index (χ2v) is 3.87. The van der Waals surface area contributed by atoms with Gasteiger partial charge in [0.1, 0.15) is 0 Å². The topological polar surface area (TPSA) is 53.9 Å². The van der Waals surface area contributed by atoms with Crippen molar-refractivity contribution in [3.8, 4) is 11.6 Å². The average molecular weight is 219 g/mol. The van der Waals surface area contributed by atoms with E-state index in [4.69, 9.17) is 4.42 Å². The van der Waals surface area contributed by atoms with Crippen LogP contribution in [0.5, 0.6) is 0 Å². The van der Waals surface area contributed by atoms with E-state index in [-0.39, 0.29) is 0 Å². The lowest BCUT2D eigenvalue weighted by molar-refractivity contribution is 0.576. The first-order chi connectivity index (χ1) is 7.81. The van der Waals surface area contributed by atoms with Crippen molar-refractivity contribution in [3.05, 3.63) is 29.8 Å². The minimum absolute atomic E-state index is 0.802. The lowest BCUT2D eigenvalue weighted by Gasteiger charge is -1.99. The van der Waals surface area contributed by atoms with Crippen molar-refractivity contribution in [1.82, 2.24) is 15.3 Å². The number of aryl methyl sites for hydroxylation is 1. The number of rotatable bonds is 5. The van der Waals surface area contributed by atoms with Gasteiger partial charge in [0.05, 0.1) is 12.5 Å². The van der Waals surface area contributed by atoms with Crippen LogP contribution in [0, 0.1) is 6.92 Å². The molecule has 0 aliphatic rings. The molecule has 0 radical (unpaired) electrons. The Morgan fingerprint density at radius 2 is 2.38 bits per heavy atom. The number of imidazole rings is 1. The van der Waals surface area contributed by atoms with Gasteiger partial charge in [0.15, 0.2) is 11.6 Å². The number of furan rings is 1. The zero-order chi connectivity index (χ0) is 11.4.